The second-order valence-electron chi connectivity index (χ2n) is 8.73. The second-order valence-corrected chi connectivity index (χ2v) is 9.16. The summed E-state index contributed by atoms with van der Waals surface area (Å²) in [7, 11) is 0. The Bertz CT molecular complexity index is 773. The minimum absolute atomic E-state index is 0.0219. The Balaban J connectivity index is 2.07. The standard InChI is InChI=1S/C23H31ClO4/c1-4-16-9-17(24)10-19(28-13-14(2)3)20(16)21-18(26)11-23(22(21)27)7-5-15(12-25)6-8-23/h9-10,14-15,25,27H,4-8,11-13H2,1-3H3. The molecule has 4 nitrogen and oxygen atoms in total. The number of rotatable bonds is 6. The number of benzene rings is 1. The summed E-state index contributed by atoms with van der Waals surface area (Å²) in [5.74, 6) is 1.36. The van der Waals surface area contributed by atoms with Crippen LogP contribution in [0.4, 0.5) is 0 Å². The molecule has 0 radical (unpaired) electrons. The molecule has 5 heteroatoms. The van der Waals surface area contributed by atoms with Crippen LogP contribution in [-0.4, -0.2) is 29.2 Å². The van der Waals surface area contributed by atoms with Gasteiger partial charge in [-0.15, -0.1) is 0 Å². The first kappa shape index (κ1) is 21.2. The Labute approximate surface area is 172 Å². The van der Waals surface area contributed by atoms with Gasteiger partial charge in [0, 0.05) is 29.0 Å². The molecule has 2 N–H and O–H groups in total. The van der Waals surface area contributed by atoms with Crippen molar-refractivity contribution in [3.8, 4) is 5.75 Å². The van der Waals surface area contributed by atoms with E-state index in [-0.39, 0.29) is 24.1 Å². The molecule has 1 spiro atoms. The number of aryl methyl sites for hydroxylation is 1. The van der Waals surface area contributed by atoms with Crippen molar-refractivity contribution in [3.05, 3.63) is 34.0 Å². The number of carbonyl (C=O) groups excluding carboxylic acids is 1. The van der Waals surface area contributed by atoms with Gasteiger partial charge in [-0.3, -0.25) is 4.79 Å². The van der Waals surface area contributed by atoms with Gasteiger partial charge in [0.25, 0.3) is 0 Å². The van der Waals surface area contributed by atoms with Gasteiger partial charge in [0.2, 0.25) is 0 Å². The highest BCUT2D eigenvalue weighted by atomic mass is 35.5. The summed E-state index contributed by atoms with van der Waals surface area (Å²) in [5, 5.41) is 21.3. The third kappa shape index (κ3) is 3.95. The Hall–Kier alpha value is -1.52. The average molecular weight is 407 g/mol. The number of aliphatic hydroxyl groups excluding tert-OH is 2. The SMILES string of the molecule is CCc1cc(Cl)cc(OCC(C)C)c1C1=C(O)C2(CCC(CO)CC2)CC1=O. The van der Waals surface area contributed by atoms with Gasteiger partial charge in [-0.25, -0.2) is 0 Å². The first-order valence-electron chi connectivity index (χ1n) is 10.3. The average Bonchev–Trinajstić information content (AvgIpc) is 2.90. The lowest BCUT2D eigenvalue weighted by Gasteiger charge is -2.36. The van der Waals surface area contributed by atoms with Crippen LogP contribution in [0.2, 0.25) is 5.02 Å². The Morgan fingerprint density at radius 1 is 1.29 bits per heavy atom. The van der Waals surface area contributed by atoms with Crippen LogP contribution >= 0.6 is 11.6 Å². The van der Waals surface area contributed by atoms with Crippen molar-refractivity contribution in [2.24, 2.45) is 17.3 Å². The zero-order chi connectivity index (χ0) is 20.5. The predicted molar refractivity (Wildman–Crippen MR) is 112 cm³/mol. The highest BCUT2D eigenvalue weighted by Crippen LogP contribution is 2.54. The fourth-order valence-electron chi connectivity index (χ4n) is 4.53. The number of hydrogen-bond donors (Lipinski definition) is 2. The summed E-state index contributed by atoms with van der Waals surface area (Å²) < 4.78 is 6.03. The molecule has 1 fully saturated rings. The molecule has 0 aliphatic heterocycles. The van der Waals surface area contributed by atoms with Crippen LogP contribution in [0.3, 0.4) is 0 Å². The number of allylic oxidation sites excluding steroid dienone is 2. The van der Waals surface area contributed by atoms with Gasteiger partial charge >= 0.3 is 0 Å². The van der Waals surface area contributed by atoms with Gasteiger partial charge in [0.05, 0.1) is 12.2 Å². The van der Waals surface area contributed by atoms with E-state index in [2.05, 4.69) is 13.8 Å². The van der Waals surface area contributed by atoms with E-state index in [1.54, 1.807) is 6.07 Å². The largest absolute Gasteiger partial charge is 0.511 e. The van der Waals surface area contributed by atoms with E-state index in [9.17, 15) is 15.0 Å². The van der Waals surface area contributed by atoms with E-state index >= 15 is 0 Å². The zero-order valence-corrected chi connectivity index (χ0v) is 17.8. The van der Waals surface area contributed by atoms with E-state index in [0.717, 1.165) is 31.2 Å². The highest BCUT2D eigenvalue weighted by molar-refractivity contribution is 6.31. The predicted octanol–water partition coefficient (Wildman–Crippen LogP) is 5.35. The smallest absolute Gasteiger partial charge is 0.168 e. The summed E-state index contributed by atoms with van der Waals surface area (Å²) in [6.45, 7) is 6.84. The fourth-order valence-corrected chi connectivity index (χ4v) is 4.76. The third-order valence-electron chi connectivity index (χ3n) is 6.19. The quantitative estimate of drug-likeness (QED) is 0.668. The summed E-state index contributed by atoms with van der Waals surface area (Å²) >= 11 is 6.30. The topological polar surface area (TPSA) is 66.8 Å². The highest BCUT2D eigenvalue weighted by Gasteiger charge is 2.48. The minimum atomic E-state index is -0.488. The van der Waals surface area contributed by atoms with Gasteiger partial charge in [-0.2, -0.15) is 0 Å². The van der Waals surface area contributed by atoms with Crippen molar-refractivity contribution in [1.82, 2.24) is 0 Å². The molecule has 0 atom stereocenters. The number of aliphatic hydroxyl groups is 2. The first-order valence-corrected chi connectivity index (χ1v) is 10.7. The molecule has 2 aliphatic carbocycles. The van der Waals surface area contributed by atoms with E-state index in [4.69, 9.17) is 16.3 Å². The number of ketones is 1. The van der Waals surface area contributed by atoms with Crippen LogP contribution in [0.1, 0.15) is 64.0 Å². The van der Waals surface area contributed by atoms with Crippen molar-refractivity contribution in [1.29, 1.82) is 0 Å². The molecule has 1 aromatic rings. The first-order chi connectivity index (χ1) is 13.3. The van der Waals surface area contributed by atoms with Crippen molar-refractivity contribution in [2.75, 3.05) is 13.2 Å². The molecule has 0 aromatic heterocycles. The van der Waals surface area contributed by atoms with Gasteiger partial charge < -0.3 is 14.9 Å². The lowest BCUT2D eigenvalue weighted by atomic mass is 9.69. The maximum absolute atomic E-state index is 13.1. The van der Waals surface area contributed by atoms with Gasteiger partial charge in [-0.1, -0.05) is 32.4 Å². The number of carbonyl (C=O) groups is 1. The van der Waals surface area contributed by atoms with Crippen LogP contribution in [0.25, 0.3) is 5.57 Å². The van der Waals surface area contributed by atoms with Crippen molar-refractivity contribution in [2.45, 2.75) is 59.3 Å². The molecule has 0 bridgehead atoms. The molecule has 0 saturated heterocycles. The Morgan fingerprint density at radius 2 is 1.96 bits per heavy atom. The van der Waals surface area contributed by atoms with Crippen LogP contribution < -0.4 is 4.74 Å². The van der Waals surface area contributed by atoms with Gasteiger partial charge in [-0.05, 0) is 61.6 Å². The molecule has 1 saturated carbocycles. The van der Waals surface area contributed by atoms with E-state index in [1.807, 2.05) is 13.0 Å². The number of halogens is 1. The van der Waals surface area contributed by atoms with E-state index in [0.29, 0.717) is 47.3 Å². The maximum Gasteiger partial charge on any atom is 0.168 e. The molecule has 0 unspecified atom stereocenters. The molecule has 1 aromatic carbocycles. The van der Waals surface area contributed by atoms with Crippen molar-refractivity contribution < 1.29 is 19.7 Å². The molecule has 3 rings (SSSR count). The molecular weight excluding hydrogens is 376 g/mol. The maximum atomic E-state index is 13.1. The minimum Gasteiger partial charge on any atom is -0.511 e. The number of Topliss-reactive ketones (excluding diaryl/α,β-unsaturated/α-hetero) is 1. The molecule has 154 valence electrons. The fraction of sp³-hybridized carbons (Fsp3) is 0.609. The van der Waals surface area contributed by atoms with Gasteiger partial charge in [0.15, 0.2) is 5.78 Å². The van der Waals surface area contributed by atoms with Crippen molar-refractivity contribution >= 4 is 23.0 Å². The van der Waals surface area contributed by atoms with Crippen molar-refractivity contribution in [3.63, 3.8) is 0 Å². The molecule has 2 aliphatic rings. The second kappa shape index (κ2) is 8.46. The molecule has 28 heavy (non-hydrogen) atoms. The third-order valence-corrected chi connectivity index (χ3v) is 6.41. The van der Waals surface area contributed by atoms with Crippen LogP contribution in [0.5, 0.6) is 5.75 Å². The zero-order valence-electron chi connectivity index (χ0n) is 17.1. The lowest BCUT2D eigenvalue weighted by molar-refractivity contribution is -0.115. The summed E-state index contributed by atoms with van der Waals surface area (Å²) in [6.07, 6.45) is 4.16. The normalized spacial score (nSPS) is 25.2. The Morgan fingerprint density at radius 3 is 2.54 bits per heavy atom. The molecule has 0 amide bonds. The van der Waals surface area contributed by atoms with E-state index in [1.165, 1.54) is 0 Å². The summed E-state index contributed by atoms with van der Waals surface area (Å²) in [4.78, 5) is 13.1. The van der Waals surface area contributed by atoms with E-state index < -0.39 is 5.41 Å². The van der Waals surface area contributed by atoms with Gasteiger partial charge in [0.1, 0.15) is 11.5 Å². The number of hydrogen-bond acceptors (Lipinski definition) is 4. The Kier molecular flexibility index (Phi) is 6.41. The monoisotopic (exact) mass is 406 g/mol. The van der Waals surface area contributed by atoms with Crippen LogP contribution in [0.15, 0.2) is 17.9 Å². The molecule has 0 heterocycles. The lowest BCUT2D eigenvalue weighted by Crippen LogP contribution is -2.29. The van der Waals surface area contributed by atoms with Crippen LogP contribution in [-0.2, 0) is 11.2 Å². The number of ether oxygens (including phenoxy) is 1. The molecular formula is C23H31ClO4. The van der Waals surface area contributed by atoms with Crippen LogP contribution in [0, 0.1) is 17.3 Å². The summed E-state index contributed by atoms with van der Waals surface area (Å²) in [6, 6.07) is 3.61. The summed E-state index contributed by atoms with van der Waals surface area (Å²) in [5.41, 5.74) is 1.55.